The molecule has 0 saturated heterocycles. The molecule has 0 unspecified atom stereocenters. The topological polar surface area (TPSA) is 66.5 Å². The van der Waals surface area contributed by atoms with Gasteiger partial charge in [0.05, 0.1) is 11.9 Å². The Bertz CT molecular complexity index is 919. The van der Waals surface area contributed by atoms with Gasteiger partial charge in [0.25, 0.3) is 0 Å². The van der Waals surface area contributed by atoms with Crippen molar-refractivity contribution in [3.63, 3.8) is 0 Å². The minimum atomic E-state index is -3.63. The number of anilines is 2. The van der Waals surface area contributed by atoms with Gasteiger partial charge in [-0.2, -0.15) is 0 Å². The molecule has 0 aliphatic heterocycles. The molecular weight excluding hydrogens is 360 g/mol. The van der Waals surface area contributed by atoms with Gasteiger partial charge in [0.1, 0.15) is 6.04 Å². The SMILES string of the molecule is Cc1ccc(N([C@H](C)C(=O)Nc2c(C)cccc2C(C)C)S(C)(=O)=O)cc1. The van der Waals surface area contributed by atoms with Crippen LogP contribution in [0.15, 0.2) is 42.5 Å². The van der Waals surface area contributed by atoms with E-state index in [1.807, 2.05) is 44.2 Å². The highest BCUT2D eigenvalue weighted by Gasteiger charge is 2.29. The van der Waals surface area contributed by atoms with Gasteiger partial charge in [0.2, 0.25) is 15.9 Å². The van der Waals surface area contributed by atoms with Crippen LogP contribution in [0.25, 0.3) is 0 Å². The van der Waals surface area contributed by atoms with E-state index in [4.69, 9.17) is 0 Å². The molecule has 1 N–H and O–H groups in total. The van der Waals surface area contributed by atoms with Crippen molar-refractivity contribution in [1.82, 2.24) is 0 Å². The van der Waals surface area contributed by atoms with Gasteiger partial charge < -0.3 is 5.32 Å². The van der Waals surface area contributed by atoms with Crippen LogP contribution in [0.4, 0.5) is 11.4 Å². The number of amides is 1. The average Bonchev–Trinajstić information content (AvgIpc) is 2.57. The van der Waals surface area contributed by atoms with E-state index in [1.165, 1.54) is 0 Å². The van der Waals surface area contributed by atoms with Crippen molar-refractivity contribution < 1.29 is 13.2 Å². The van der Waals surface area contributed by atoms with E-state index >= 15 is 0 Å². The number of para-hydroxylation sites is 1. The third kappa shape index (κ3) is 4.89. The van der Waals surface area contributed by atoms with Crippen LogP contribution >= 0.6 is 0 Å². The average molecular weight is 389 g/mol. The first-order chi connectivity index (χ1) is 12.5. The summed E-state index contributed by atoms with van der Waals surface area (Å²) in [7, 11) is -3.63. The maximum absolute atomic E-state index is 13.0. The summed E-state index contributed by atoms with van der Waals surface area (Å²) >= 11 is 0. The first-order valence-electron chi connectivity index (χ1n) is 8.98. The molecule has 5 nitrogen and oxygen atoms in total. The fraction of sp³-hybridized carbons (Fsp3) is 0.381. The molecule has 0 fully saturated rings. The van der Waals surface area contributed by atoms with Crippen LogP contribution in [0, 0.1) is 13.8 Å². The maximum atomic E-state index is 13.0. The highest BCUT2D eigenvalue weighted by atomic mass is 32.2. The van der Waals surface area contributed by atoms with E-state index in [0.717, 1.165) is 32.9 Å². The molecule has 2 aromatic rings. The summed E-state index contributed by atoms with van der Waals surface area (Å²) in [4.78, 5) is 13.0. The number of hydrogen-bond acceptors (Lipinski definition) is 3. The minimum Gasteiger partial charge on any atom is -0.324 e. The number of sulfonamides is 1. The fourth-order valence-corrected chi connectivity index (χ4v) is 4.25. The lowest BCUT2D eigenvalue weighted by molar-refractivity contribution is -0.116. The second-order valence-electron chi connectivity index (χ2n) is 7.25. The minimum absolute atomic E-state index is 0.235. The first-order valence-corrected chi connectivity index (χ1v) is 10.8. The first kappa shape index (κ1) is 21.0. The molecule has 1 atom stereocenters. The van der Waals surface area contributed by atoms with Gasteiger partial charge in [-0.05, 0) is 49.9 Å². The molecule has 0 saturated carbocycles. The Morgan fingerprint density at radius 2 is 1.59 bits per heavy atom. The van der Waals surface area contributed by atoms with Crippen molar-refractivity contribution in [2.24, 2.45) is 0 Å². The number of benzene rings is 2. The van der Waals surface area contributed by atoms with Crippen LogP contribution in [0.3, 0.4) is 0 Å². The van der Waals surface area contributed by atoms with Crippen LogP contribution < -0.4 is 9.62 Å². The predicted octanol–water partition coefficient (Wildman–Crippen LogP) is 4.22. The number of carbonyl (C=O) groups excluding carboxylic acids is 1. The second kappa shape index (κ2) is 8.13. The molecule has 0 bridgehead atoms. The molecule has 2 aromatic carbocycles. The van der Waals surface area contributed by atoms with Gasteiger partial charge in [0, 0.05) is 5.69 Å². The maximum Gasteiger partial charge on any atom is 0.248 e. The molecule has 0 spiro atoms. The van der Waals surface area contributed by atoms with E-state index in [0.29, 0.717) is 5.69 Å². The van der Waals surface area contributed by atoms with Crippen molar-refractivity contribution in [1.29, 1.82) is 0 Å². The van der Waals surface area contributed by atoms with Crippen LogP contribution in [-0.4, -0.2) is 26.6 Å². The van der Waals surface area contributed by atoms with Gasteiger partial charge in [0.15, 0.2) is 0 Å². The summed E-state index contributed by atoms with van der Waals surface area (Å²) in [5.74, 6) is -0.129. The van der Waals surface area contributed by atoms with Crippen molar-refractivity contribution in [3.05, 3.63) is 59.2 Å². The molecule has 2 rings (SSSR count). The summed E-state index contributed by atoms with van der Waals surface area (Å²) in [6, 6.07) is 12.1. The number of carbonyl (C=O) groups is 1. The van der Waals surface area contributed by atoms with Crippen molar-refractivity contribution in [2.45, 2.75) is 46.6 Å². The van der Waals surface area contributed by atoms with Crippen molar-refractivity contribution in [2.75, 3.05) is 15.9 Å². The van der Waals surface area contributed by atoms with Gasteiger partial charge >= 0.3 is 0 Å². The third-order valence-electron chi connectivity index (χ3n) is 4.55. The smallest absolute Gasteiger partial charge is 0.248 e. The fourth-order valence-electron chi connectivity index (χ4n) is 3.07. The molecule has 0 heterocycles. The lowest BCUT2D eigenvalue weighted by atomic mass is 9.98. The molecule has 146 valence electrons. The van der Waals surface area contributed by atoms with Crippen LogP contribution in [0.2, 0.25) is 0 Å². The molecule has 0 radical (unpaired) electrons. The van der Waals surface area contributed by atoms with E-state index in [-0.39, 0.29) is 11.8 Å². The second-order valence-corrected chi connectivity index (χ2v) is 9.11. The molecule has 6 heteroatoms. The molecule has 0 aliphatic rings. The summed E-state index contributed by atoms with van der Waals surface area (Å²) in [6.07, 6.45) is 1.12. The third-order valence-corrected chi connectivity index (χ3v) is 5.79. The van der Waals surface area contributed by atoms with Gasteiger partial charge in [-0.1, -0.05) is 49.7 Å². The van der Waals surface area contributed by atoms with Crippen molar-refractivity contribution >= 4 is 27.3 Å². The Hall–Kier alpha value is -2.34. The van der Waals surface area contributed by atoms with Crippen LogP contribution in [0.1, 0.15) is 43.4 Å². The number of aryl methyl sites for hydroxylation is 2. The van der Waals surface area contributed by atoms with Crippen LogP contribution in [-0.2, 0) is 14.8 Å². The van der Waals surface area contributed by atoms with E-state index in [9.17, 15) is 13.2 Å². The Morgan fingerprint density at radius 3 is 2.11 bits per heavy atom. The predicted molar refractivity (Wildman–Crippen MR) is 112 cm³/mol. The summed E-state index contributed by atoms with van der Waals surface area (Å²) in [5.41, 5.74) is 4.21. The van der Waals surface area contributed by atoms with Gasteiger partial charge in [-0.3, -0.25) is 9.10 Å². The standard InChI is InChI=1S/C21H28N2O3S/c1-14(2)19-9-7-8-16(4)20(19)22-21(24)17(5)23(27(6,25)26)18-12-10-15(3)11-13-18/h7-14,17H,1-6H3,(H,22,24)/t17-/m1/s1. The molecule has 0 aromatic heterocycles. The van der Waals surface area contributed by atoms with Gasteiger partial charge in [-0.25, -0.2) is 8.42 Å². The number of nitrogens with zero attached hydrogens (tertiary/aromatic N) is 1. The Morgan fingerprint density at radius 1 is 1.00 bits per heavy atom. The zero-order valence-corrected chi connectivity index (χ0v) is 17.6. The number of rotatable bonds is 6. The highest BCUT2D eigenvalue weighted by molar-refractivity contribution is 7.92. The van der Waals surface area contributed by atoms with Gasteiger partial charge in [-0.15, -0.1) is 0 Å². The molecular formula is C21H28N2O3S. The zero-order valence-electron chi connectivity index (χ0n) is 16.8. The van der Waals surface area contributed by atoms with E-state index < -0.39 is 16.1 Å². The molecule has 1 amide bonds. The highest BCUT2D eigenvalue weighted by Crippen LogP contribution is 2.28. The normalized spacial score (nSPS) is 12.7. The monoisotopic (exact) mass is 388 g/mol. The molecule has 0 aliphatic carbocycles. The van der Waals surface area contributed by atoms with E-state index in [2.05, 4.69) is 19.2 Å². The summed E-state index contributed by atoms with van der Waals surface area (Å²) < 4.78 is 26.0. The number of nitrogens with one attached hydrogen (secondary N) is 1. The van der Waals surface area contributed by atoms with Crippen molar-refractivity contribution in [3.8, 4) is 0 Å². The molecule has 27 heavy (non-hydrogen) atoms. The Labute approximate surface area is 162 Å². The Kier molecular flexibility index (Phi) is 6.31. The quantitative estimate of drug-likeness (QED) is 0.806. The van der Waals surface area contributed by atoms with E-state index in [1.54, 1.807) is 19.1 Å². The lowest BCUT2D eigenvalue weighted by Crippen LogP contribution is -2.45. The number of hydrogen-bond donors (Lipinski definition) is 1. The summed E-state index contributed by atoms with van der Waals surface area (Å²) in [5, 5.41) is 2.95. The summed E-state index contributed by atoms with van der Waals surface area (Å²) in [6.45, 7) is 9.58. The van der Waals surface area contributed by atoms with Crippen LogP contribution in [0.5, 0.6) is 0 Å². The largest absolute Gasteiger partial charge is 0.324 e. The lowest BCUT2D eigenvalue weighted by Gasteiger charge is -2.29. The zero-order chi connectivity index (χ0) is 20.4. The Balaban J connectivity index is 2.38.